The summed E-state index contributed by atoms with van der Waals surface area (Å²) in [5.41, 5.74) is 4.65. The highest BCUT2D eigenvalue weighted by molar-refractivity contribution is 6.34. The van der Waals surface area contributed by atoms with E-state index in [1.807, 2.05) is 0 Å². The van der Waals surface area contributed by atoms with E-state index >= 15 is 0 Å². The Morgan fingerprint density at radius 1 is 1.06 bits per heavy atom. The van der Waals surface area contributed by atoms with Crippen molar-refractivity contribution in [2.75, 3.05) is 5.32 Å². The van der Waals surface area contributed by atoms with E-state index in [4.69, 9.17) is 11.6 Å². The number of hydrazone groups is 1. The fraction of sp³-hybridized carbons (Fsp3) is 0.261. The van der Waals surface area contributed by atoms with Gasteiger partial charge < -0.3 is 5.32 Å². The molecule has 0 bridgehead atoms. The Balaban J connectivity index is 1.47. The van der Waals surface area contributed by atoms with E-state index in [0.29, 0.717) is 28.4 Å². The molecule has 0 spiro atoms. The van der Waals surface area contributed by atoms with Gasteiger partial charge >= 0.3 is 0 Å². The lowest BCUT2D eigenvalue weighted by Crippen LogP contribution is -2.29. The Bertz CT molecular complexity index is 1130. The summed E-state index contributed by atoms with van der Waals surface area (Å²) in [4.78, 5) is 29.5. The summed E-state index contributed by atoms with van der Waals surface area (Å²) >= 11 is 6.12. The molecule has 1 atom stereocenters. The lowest BCUT2D eigenvalue weighted by Gasteiger charge is -2.23. The third kappa shape index (κ3) is 5.20. The molecule has 1 saturated carbocycles. The molecule has 0 aliphatic heterocycles. The summed E-state index contributed by atoms with van der Waals surface area (Å²) in [6.07, 6.45) is 7.15. The minimum Gasteiger partial charge on any atom is -0.321 e. The number of rotatable bonds is 6. The molecule has 1 heterocycles. The van der Waals surface area contributed by atoms with Gasteiger partial charge in [0, 0.05) is 11.6 Å². The number of benzene rings is 2. The molecule has 32 heavy (non-hydrogen) atoms. The maximum absolute atomic E-state index is 12.9. The highest BCUT2D eigenvalue weighted by atomic mass is 35.5. The number of carbonyl (C=O) groups is 2. The number of halogens is 1. The van der Waals surface area contributed by atoms with E-state index in [1.165, 1.54) is 6.33 Å². The van der Waals surface area contributed by atoms with Crippen LogP contribution in [0.1, 0.15) is 46.4 Å². The number of amides is 2. The van der Waals surface area contributed by atoms with Gasteiger partial charge in [-0.2, -0.15) is 10.2 Å². The summed E-state index contributed by atoms with van der Waals surface area (Å²) in [6.45, 7) is 0.680. The molecule has 2 N–H and O–H groups in total. The maximum atomic E-state index is 12.9. The summed E-state index contributed by atoms with van der Waals surface area (Å²) < 4.78 is 1.78. The van der Waals surface area contributed by atoms with Crippen LogP contribution in [0.5, 0.6) is 0 Å². The van der Waals surface area contributed by atoms with Gasteiger partial charge in [0.25, 0.3) is 11.8 Å². The number of nitrogens with one attached hydrogen (secondary N) is 2. The Morgan fingerprint density at radius 2 is 1.84 bits per heavy atom. The molecule has 1 aliphatic carbocycles. The van der Waals surface area contributed by atoms with E-state index in [-0.39, 0.29) is 11.8 Å². The van der Waals surface area contributed by atoms with Gasteiger partial charge in [0.2, 0.25) is 0 Å². The first-order valence-corrected chi connectivity index (χ1v) is 10.8. The van der Waals surface area contributed by atoms with Crippen LogP contribution in [0.2, 0.25) is 5.02 Å². The van der Waals surface area contributed by atoms with Crippen LogP contribution < -0.4 is 10.7 Å². The molecule has 0 unspecified atom stereocenters. The van der Waals surface area contributed by atoms with Crippen molar-refractivity contribution >= 4 is 34.8 Å². The molecule has 2 aromatic carbocycles. The van der Waals surface area contributed by atoms with Crippen molar-refractivity contribution in [2.45, 2.75) is 32.2 Å². The van der Waals surface area contributed by atoms with Gasteiger partial charge in [0.05, 0.1) is 28.4 Å². The van der Waals surface area contributed by atoms with Gasteiger partial charge in [-0.1, -0.05) is 42.3 Å². The molecule has 4 rings (SSSR count). The van der Waals surface area contributed by atoms with E-state index in [1.54, 1.807) is 59.5 Å². The standard InChI is InChI=1S/C23H23ClN6O2/c24-19-10-4-2-8-17(19)22(31)27-21-12-6-3-9-18(21)23(32)29-28-20-11-5-1-7-16(20)13-30-15-25-14-26-30/h2-4,6,8-10,12,14-16H,1,5,7,11,13H2,(H,27,31)(H,29,32)/b28-20-/t16-/m1/s1. The average molecular weight is 451 g/mol. The molecule has 164 valence electrons. The summed E-state index contributed by atoms with van der Waals surface area (Å²) in [7, 11) is 0. The van der Waals surface area contributed by atoms with Crippen molar-refractivity contribution in [2.24, 2.45) is 11.0 Å². The van der Waals surface area contributed by atoms with Crippen LogP contribution in [0.15, 0.2) is 66.3 Å². The fourth-order valence-electron chi connectivity index (χ4n) is 3.77. The number of anilines is 1. The van der Waals surface area contributed by atoms with Crippen LogP contribution in [0.4, 0.5) is 5.69 Å². The van der Waals surface area contributed by atoms with Gasteiger partial charge in [0.1, 0.15) is 12.7 Å². The molecule has 8 nitrogen and oxygen atoms in total. The second-order valence-corrected chi connectivity index (χ2v) is 7.99. The second-order valence-electron chi connectivity index (χ2n) is 7.58. The summed E-state index contributed by atoms with van der Waals surface area (Å²) in [6, 6.07) is 13.6. The lowest BCUT2D eigenvalue weighted by atomic mass is 9.87. The molecule has 9 heteroatoms. The minimum absolute atomic E-state index is 0.195. The van der Waals surface area contributed by atoms with Crippen molar-refractivity contribution in [1.29, 1.82) is 0 Å². The highest BCUT2D eigenvalue weighted by Gasteiger charge is 2.22. The van der Waals surface area contributed by atoms with E-state index in [2.05, 4.69) is 25.9 Å². The maximum Gasteiger partial charge on any atom is 0.273 e. The van der Waals surface area contributed by atoms with Crippen molar-refractivity contribution in [3.63, 3.8) is 0 Å². The predicted octanol–water partition coefficient (Wildman–Crippen LogP) is 4.16. The van der Waals surface area contributed by atoms with Crippen LogP contribution in [0.3, 0.4) is 0 Å². The van der Waals surface area contributed by atoms with Crippen molar-refractivity contribution in [1.82, 2.24) is 20.2 Å². The molecule has 3 aromatic rings. The first kappa shape index (κ1) is 21.7. The highest BCUT2D eigenvalue weighted by Crippen LogP contribution is 2.24. The third-order valence-corrected chi connectivity index (χ3v) is 5.75. The zero-order valence-electron chi connectivity index (χ0n) is 17.4. The molecule has 0 saturated heterocycles. The van der Waals surface area contributed by atoms with Gasteiger partial charge in [-0.15, -0.1) is 0 Å². The van der Waals surface area contributed by atoms with Crippen molar-refractivity contribution in [3.8, 4) is 0 Å². The smallest absolute Gasteiger partial charge is 0.273 e. The lowest BCUT2D eigenvalue weighted by molar-refractivity contribution is 0.0955. The zero-order valence-corrected chi connectivity index (χ0v) is 18.1. The molecule has 1 fully saturated rings. The molecular weight excluding hydrogens is 428 g/mol. The average Bonchev–Trinajstić information content (AvgIpc) is 3.32. The van der Waals surface area contributed by atoms with E-state index in [0.717, 1.165) is 31.4 Å². The number of aromatic nitrogens is 3. The van der Waals surface area contributed by atoms with Gasteiger partial charge in [-0.25, -0.2) is 10.4 Å². The molecular formula is C23H23ClN6O2. The normalized spacial score (nSPS) is 17.2. The monoisotopic (exact) mass is 450 g/mol. The topological polar surface area (TPSA) is 101 Å². The molecule has 2 amide bonds. The van der Waals surface area contributed by atoms with Crippen molar-refractivity contribution in [3.05, 3.63) is 77.3 Å². The zero-order chi connectivity index (χ0) is 22.3. The summed E-state index contributed by atoms with van der Waals surface area (Å²) in [5.74, 6) is -0.583. The van der Waals surface area contributed by atoms with Gasteiger partial charge in [-0.3, -0.25) is 14.3 Å². The van der Waals surface area contributed by atoms with E-state index < -0.39 is 5.91 Å². The second kappa shape index (κ2) is 10.2. The number of hydrogen-bond acceptors (Lipinski definition) is 5. The fourth-order valence-corrected chi connectivity index (χ4v) is 3.99. The summed E-state index contributed by atoms with van der Waals surface area (Å²) in [5, 5.41) is 11.7. The van der Waals surface area contributed by atoms with Crippen LogP contribution in [-0.2, 0) is 6.54 Å². The van der Waals surface area contributed by atoms with Crippen molar-refractivity contribution < 1.29 is 9.59 Å². The number of hydrogen-bond donors (Lipinski definition) is 2. The van der Waals surface area contributed by atoms with E-state index in [9.17, 15) is 9.59 Å². The Labute approximate surface area is 190 Å². The SMILES string of the molecule is O=C(Nc1ccccc1C(=O)N/N=C1/CCCC[C@@H]1Cn1cncn1)c1ccccc1Cl. The predicted molar refractivity (Wildman–Crippen MR) is 123 cm³/mol. The Kier molecular flexibility index (Phi) is 6.91. The number of nitrogens with zero attached hydrogens (tertiary/aromatic N) is 4. The number of para-hydroxylation sites is 1. The first-order valence-electron chi connectivity index (χ1n) is 10.5. The van der Waals surface area contributed by atoms with Crippen LogP contribution in [-0.4, -0.2) is 32.3 Å². The number of carbonyl (C=O) groups excluding carboxylic acids is 2. The Morgan fingerprint density at radius 3 is 2.62 bits per heavy atom. The van der Waals surface area contributed by atoms with Crippen LogP contribution in [0, 0.1) is 5.92 Å². The molecule has 0 radical (unpaired) electrons. The van der Waals surface area contributed by atoms with Gasteiger partial charge in [-0.05, 0) is 43.5 Å². The third-order valence-electron chi connectivity index (χ3n) is 5.42. The Hall–Kier alpha value is -3.52. The van der Waals surface area contributed by atoms with Crippen LogP contribution >= 0.6 is 11.6 Å². The molecule has 1 aliphatic rings. The molecule has 1 aromatic heterocycles. The van der Waals surface area contributed by atoms with Crippen LogP contribution in [0.25, 0.3) is 0 Å². The first-order chi connectivity index (χ1) is 15.6. The minimum atomic E-state index is -0.391. The van der Waals surface area contributed by atoms with Gasteiger partial charge in [0.15, 0.2) is 0 Å². The largest absolute Gasteiger partial charge is 0.321 e. The quantitative estimate of drug-likeness (QED) is 0.550.